The normalized spacial score (nSPS) is 17.0. The van der Waals surface area contributed by atoms with Crippen molar-refractivity contribution in [1.82, 2.24) is 10.3 Å². The van der Waals surface area contributed by atoms with Crippen molar-refractivity contribution in [1.29, 1.82) is 0 Å². The van der Waals surface area contributed by atoms with Crippen LogP contribution < -0.4 is 10.1 Å². The highest BCUT2D eigenvalue weighted by atomic mass is 32.2. The summed E-state index contributed by atoms with van der Waals surface area (Å²) in [6.45, 7) is 4.35. The van der Waals surface area contributed by atoms with Crippen molar-refractivity contribution in [3.63, 3.8) is 0 Å². The summed E-state index contributed by atoms with van der Waals surface area (Å²) in [4.78, 5) is 32.2. The lowest BCUT2D eigenvalue weighted by molar-refractivity contribution is -0.119. The molecule has 1 unspecified atom stereocenters. The molecule has 2 aromatic rings. The van der Waals surface area contributed by atoms with Gasteiger partial charge in [-0.1, -0.05) is 35.0 Å². The van der Waals surface area contributed by atoms with Gasteiger partial charge in [-0.3, -0.25) is 14.9 Å². The molecule has 1 aromatic heterocycles. The van der Waals surface area contributed by atoms with Crippen LogP contribution in [0.2, 0.25) is 0 Å². The van der Waals surface area contributed by atoms with Crippen LogP contribution in [0.1, 0.15) is 23.6 Å². The topological polar surface area (TPSA) is 89.9 Å². The summed E-state index contributed by atoms with van der Waals surface area (Å²) in [7, 11) is 0. The minimum Gasteiger partial charge on any atom is -0.476 e. The molecule has 0 saturated carbocycles. The molecule has 140 valence electrons. The fourth-order valence-electron chi connectivity index (χ4n) is 2.28. The SMILES string of the molecule is C/C(=N\OCc1ccc(C)cc1)c1ccc(OCC2SC(=O)NC2=O)nc1. The van der Waals surface area contributed by atoms with Crippen LogP contribution in [0.3, 0.4) is 0 Å². The molecule has 0 bridgehead atoms. The van der Waals surface area contributed by atoms with Crippen molar-refractivity contribution < 1.29 is 19.2 Å². The molecule has 1 saturated heterocycles. The Balaban J connectivity index is 1.50. The Labute approximate surface area is 161 Å². The molecule has 27 heavy (non-hydrogen) atoms. The Morgan fingerprint density at radius 3 is 2.63 bits per heavy atom. The number of amides is 2. The average molecular weight is 385 g/mol. The fourth-order valence-corrected chi connectivity index (χ4v) is 3.00. The quantitative estimate of drug-likeness (QED) is 0.582. The van der Waals surface area contributed by atoms with Gasteiger partial charge in [0.25, 0.3) is 5.24 Å². The predicted molar refractivity (Wildman–Crippen MR) is 103 cm³/mol. The number of imide groups is 1. The largest absolute Gasteiger partial charge is 0.476 e. The Morgan fingerprint density at radius 2 is 2.00 bits per heavy atom. The first-order valence-electron chi connectivity index (χ1n) is 8.34. The molecular formula is C19H19N3O4S. The van der Waals surface area contributed by atoms with Crippen molar-refractivity contribution in [3.05, 3.63) is 59.3 Å². The van der Waals surface area contributed by atoms with Gasteiger partial charge in [0.15, 0.2) is 0 Å². The number of pyridine rings is 1. The van der Waals surface area contributed by atoms with Gasteiger partial charge in [-0.2, -0.15) is 0 Å². The Morgan fingerprint density at radius 1 is 1.22 bits per heavy atom. The predicted octanol–water partition coefficient (Wildman–Crippen LogP) is 3.06. The summed E-state index contributed by atoms with van der Waals surface area (Å²) in [5, 5.41) is 5.43. The molecular weight excluding hydrogens is 366 g/mol. The van der Waals surface area contributed by atoms with Crippen LogP contribution in [-0.4, -0.2) is 33.7 Å². The molecule has 3 rings (SSSR count). The maximum atomic E-state index is 11.5. The summed E-state index contributed by atoms with van der Waals surface area (Å²) in [5.74, 6) is 0.0372. The summed E-state index contributed by atoms with van der Waals surface area (Å²) in [6, 6.07) is 11.6. The van der Waals surface area contributed by atoms with Gasteiger partial charge in [-0.25, -0.2) is 4.98 Å². The molecule has 0 spiro atoms. The van der Waals surface area contributed by atoms with E-state index in [1.807, 2.05) is 44.2 Å². The molecule has 1 aliphatic rings. The Kier molecular flexibility index (Phi) is 6.08. The number of hydrogen-bond acceptors (Lipinski definition) is 7. The minimum atomic E-state index is -0.544. The summed E-state index contributed by atoms with van der Waals surface area (Å²) < 4.78 is 5.48. The van der Waals surface area contributed by atoms with Gasteiger partial charge < -0.3 is 9.57 Å². The molecule has 2 amide bonds. The number of aromatic nitrogens is 1. The number of rotatable bonds is 7. The lowest BCUT2D eigenvalue weighted by Crippen LogP contribution is -2.28. The first-order chi connectivity index (χ1) is 13.0. The van der Waals surface area contributed by atoms with E-state index in [0.29, 0.717) is 18.2 Å². The van der Waals surface area contributed by atoms with E-state index in [1.54, 1.807) is 12.3 Å². The van der Waals surface area contributed by atoms with Gasteiger partial charge in [0.05, 0.1) is 5.71 Å². The van der Waals surface area contributed by atoms with Crippen molar-refractivity contribution in [3.8, 4) is 5.88 Å². The second-order valence-corrected chi connectivity index (χ2v) is 7.19. The van der Waals surface area contributed by atoms with Crippen molar-refractivity contribution >= 4 is 28.6 Å². The zero-order valence-electron chi connectivity index (χ0n) is 15.0. The molecule has 7 nitrogen and oxygen atoms in total. The highest BCUT2D eigenvalue weighted by Gasteiger charge is 2.32. The van der Waals surface area contributed by atoms with Crippen LogP contribution in [0.25, 0.3) is 0 Å². The van der Waals surface area contributed by atoms with Crippen LogP contribution in [0, 0.1) is 6.92 Å². The van der Waals surface area contributed by atoms with Crippen LogP contribution >= 0.6 is 11.8 Å². The van der Waals surface area contributed by atoms with Crippen LogP contribution in [-0.2, 0) is 16.2 Å². The van der Waals surface area contributed by atoms with Gasteiger partial charge in [0.1, 0.15) is 18.5 Å². The lowest BCUT2D eigenvalue weighted by Gasteiger charge is -2.08. The third-order valence-corrected chi connectivity index (χ3v) is 4.81. The van der Waals surface area contributed by atoms with Gasteiger partial charge in [-0.15, -0.1) is 0 Å². The van der Waals surface area contributed by atoms with Gasteiger partial charge in [0, 0.05) is 17.8 Å². The summed E-state index contributed by atoms with van der Waals surface area (Å²) in [6.07, 6.45) is 1.62. The van der Waals surface area contributed by atoms with E-state index < -0.39 is 5.25 Å². The maximum absolute atomic E-state index is 11.5. The number of nitrogens with one attached hydrogen (secondary N) is 1. The van der Waals surface area contributed by atoms with Crippen molar-refractivity contribution in [2.75, 3.05) is 6.61 Å². The zero-order valence-corrected chi connectivity index (χ0v) is 15.8. The number of carbonyl (C=O) groups is 2. The summed E-state index contributed by atoms with van der Waals surface area (Å²) in [5.41, 5.74) is 3.74. The number of ether oxygens (including phenoxy) is 1. The zero-order chi connectivity index (χ0) is 19.2. The maximum Gasteiger partial charge on any atom is 0.286 e. The monoisotopic (exact) mass is 385 g/mol. The smallest absolute Gasteiger partial charge is 0.286 e. The van der Waals surface area contributed by atoms with E-state index >= 15 is 0 Å². The average Bonchev–Trinajstić information content (AvgIpc) is 2.99. The molecule has 0 radical (unpaired) electrons. The minimum absolute atomic E-state index is 0.0846. The molecule has 1 aliphatic heterocycles. The molecule has 0 aliphatic carbocycles. The number of aryl methyl sites for hydroxylation is 1. The van der Waals surface area contributed by atoms with Crippen molar-refractivity contribution in [2.45, 2.75) is 25.7 Å². The second-order valence-electron chi connectivity index (χ2n) is 6.02. The van der Waals surface area contributed by atoms with E-state index in [-0.39, 0.29) is 17.8 Å². The number of nitrogens with zero attached hydrogens (tertiary/aromatic N) is 2. The lowest BCUT2D eigenvalue weighted by atomic mass is 10.2. The fraction of sp³-hybridized carbons (Fsp3) is 0.263. The first-order valence-corrected chi connectivity index (χ1v) is 9.22. The van der Waals surface area contributed by atoms with Gasteiger partial charge in [0.2, 0.25) is 11.8 Å². The van der Waals surface area contributed by atoms with E-state index in [1.165, 1.54) is 5.56 Å². The number of hydrogen-bond donors (Lipinski definition) is 1. The third kappa shape index (κ3) is 5.30. The van der Waals surface area contributed by atoms with E-state index in [0.717, 1.165) is 22.9 Å². The number of oxime groups is 1. The molecule has 8 heteroatoms. The van der Waals surface area contributed by atoms with Gasteiger partial charge in [-0.05, 0) is 37.2 Å². The Hall–Kier alpha value is -2.87. The number of carbonyl (C=O) groups excluding carboxylic acids is 2. The molecule has 1 atom stereocenters. The van der Waals surface area contributed by atoms with Crippen LogP contribution in [0.5, 0.6) is 5.88 Å². The molecule has 1 aromatic carbocycles. The van der Waals surface area contributed by atoms with E-state index in [2.05, 4.69) is 15.5 Å². The molecule has 1 N–H and O–H groups in total. The highest BCUT2D eigenvalue weighted by molar-refractivity contribution is 8.15. The Bertz CT molecular complexity index is 850. The van der Waals surface area contributed by atoms with Gasteiger partial charge >= 0.3 is 0 Å². The highest BCUT2D eigenvalue weighted by Crippen LogP contribution is 2.20. The third-order valence-electron chi connectivity index (χ3n) is 3.86. The van der Waals surface area contributed by atoms with E-state index in [4.69, 9.17) is 9.57 Å². The van der Waals surface area contributed by atoms with E-state index in [9.17, 15) is 9.59 Å². The number of thioether (sulfide) groups is 1. The standard InChI is InChI=1S/C19H19N3O4S/c1-12-3-5-14(6-4-12)10-26-22-13(2)15-7-8-17(20-9-15)25-11-16-18(23)21-19(24)27-16/h3-9,16H,10-11H2,1-2H3,(H,21,23,24)/b22-13+. The first kappa shape index (κ1) is 18.9. The van der Waals surface area contributed by atoms with Crippen LogP contribution in [0.4, 0.5) is 4.79 Å². The van der Waals surface area contributed by atoms with Crippen molar-refractivity contribution in [2.24, 2.45) is 5.16 Å². The molecule has 2 heterocycles. The summed E-state index contributed by atoms with van der Waals surface area (Å²) >= 11 is 0.921. The second kappa shape index (κ2) is 8.68. The van der Waals surface area contributed by atoms with Crippen LogP contribution in [0.15, 0.2) is 47.8 Å². The molecule has 1 fully saturated rings. The number of benzene rings is 1.